The van der Waals surface area contributed by atoms with Crippen molar-refractivity contribution in [2.24, 2.45) is 0 Å². The average molecular weight is 573 g/mol. The van der Waals surface area contributed by atoms with Gasteiger partial charge in [-0.3, -0.25) is 25.0 Å². The minimum atomic E-state index is -0.692. The van der Waals surface area contributed by atoms with E-state index >= 15 is 0 Å². The number of thiophene rings is 1. The highest BCUT2D eigenvalue weighted by atomic mass is 35.5. The normalized spacial score (nSPS) is 14.8. The second kappa shape index (κ2) is 10.8. The SMILES string of the molecule is CC(C)N1CCC(NC(=O)c2cc3cc([N+](=O)[O-])cc([N+](=O)[O-])c3n2Cc2cc(-c3ccc(Cl)s3)on2)CC1. The smallest absolute Gasteiger partial charge is 0.300 e. The first kappa shape index (κ1) is 26.8. The van der Waals surface area contributed by atoms with E-state index in [1.165, 1.54) is 28.0 Å². The summed E-state index contributed by atoms with van der Waals surface area (Å²) >= 11 is 7.34. The number of amides is 1. The fraction of sp³-hybridized carbons (Fsp3) is 0.360. The van der Waals surface area contributed by atoms with Crippen LogP contribution in [0.1, 0.15) is 42.9 Å². The number of carbonyl (C=O) groups excluding carboxylic acids is 1. The Kier molecular flexibility index (Phi) is 7.38. The van der Waals surface area contributed by atoms with Gasteiger partial charge in [0.25, 0.3) is 17.3 Å². The number of halogens is 1. The predicted molar refractivity (Wildman–Crippen MR) is 146 cm³/mol. The van der Waals surface area contributed by atoms with Crippen LogP contribution in [-0.2, 0) is 6.54 Å². The van der Waals surface area contributed by atoms with Crippen LogP contribution in [-0.4, -0.2) is 55.6 Å². The Bertz CT molecular complexity index is 1570. The number of hydrogen-bond donors (Lipinski definition) is 1. The number of nitrogens with zero attached hydrogens (tertiary/aromatic N) is 5. The maximum absolute atomic E-state index is 13.5. The van der Waals surface area contributed by atoms with Gasteiger partial charge in [0.1, 0.15) is 16.9 Å². The van der Waals surface area contributed by atoms with Gasteiger partial charge in [0.2, 0.25) is 0 Å². The van der Waals surface area contributed by atoms with Gasteiger partial charge in [0, 0.05) is 42.7 Å². The first-order valence-corrected chi connectivity index (χ1v) is 13.5. The number of nitro benzene ring substituents is 2. The van der Waals surface area contributed by atoms with E-state index < -0.39 is 27.1 Å². The van der Waals surface area contributed by atoms with Gasteiger partial charge < -0.3 is 19.3 Å². The van der Waals surface area contributed by atoms with Crippen LogP contribution in [0.15, 0.2) is 40.9 Å². The molecule has 12 nitrogen and oxygen atoms in total. The Balaban J connectivity index is 1.53. The molecule has 0 unspecified atom stereocenters. The number of non-ortho nitro benzene ring substituents is 2. The molecule has 5 rings (SSSR count). The second-order valence-corrected chi connectivity index (χ2v) is 11.4. The molecule has 1 aliphatic rings. The molecule has 0 bridgehead atoms. The van der Waals surface area contributed by atoms with Crippen LogP contribution >= 0.6 is 22.9 Å². The minimum Gasteiger partial charge on any atom is -0.355 e. The van der Waals surface area contributed by atoms with E-state index in [0.717, 1.165) is 36.9 Å². The second-order valence-electron chi connectivity index (χ2n) is 9.70. The molecule has 204 valence electrons. The van der Waals surface area contributed by atoms with Gasteiger partial charge in [0.05, 0.1) is 31.7 Å². The van der Waals surface area contributed by atoms with E-state index in [0.29, 0.717) is 21.8 Å². The molecule has 4 heterocycles. The highest BCUT2D eigenvalue weighted by Crippen LogP contribution is 2.35. The summed E-state index contributed by atoms with van der Waals surface area (Å²) < 4.78 is 7.51. The molecule has 0 radical (unpaired) electrons. The highest BCUT2D eigenvalue weighted by Gasteiger charge is 2.29. The van der Waals surface area contributed by atoms with Gasteiger partial charge in [0.15, 0.2) is 5.76 Å². The van der Waals surface area contributed by atoms with E-state index in [1.54, 1.807) is 18.2 Å². The molecule has 0 spiro atoms. The van der Waals surface area contributed by atoms with Crippen LogP contribution in [0.5, 0.6) is 0 Å². The number of fused-ring (bicyclic) bond motifs is 1. The zero-order valence-electron chi connectivity index (χ0n) is 21.1. The molecule has 1 N–H and O–H groups in total. The molecule has 4 aromatic rings. The number of nitro groups is 2. The van der Waals surface area contributed by atoms with Crippen molar-refractivity contribution in [3.05, 3.63) is 72.4 Å². The molecule has 0 atom stereocenters. The van der Waals surface area contributed by atoms with Crippen molar-refractivity contribution in [3.8, 4) is 10.6 Å². The Hall–Kier alpha value is -3.81. The number of likely N-dealkylation sites (tertiary alicyclic amines) is 1. The van der Waals surface area contributed by atoms with E-state index in [1.807, 2.05) is 0 Å². The summed E-state index contributed by atoms with van der Waals surface area (Å²) in [7, 11) is 0. The molecular formula is C25H25ClN6O6S. The molecule has 0 saturated carbocycles. The number of aromatic nitrogens is 2. The lowest BCUT2D eigenvalue weighted by molar-refractivity contribution is -0.393. The number of piperidine rings is 1. The lowest BCUT2D eigenvalue weighted by Crippen LogP contribution is -2.46. The third-order valence-electron chi connectivity index (χ3n) is 6.89. The van der Waals surface area contributed by atoms with E-state index in [4.69, 9.17) is 16.1 Å². The first-order valence-electron chi connectivity index (χ1n) is 12.3. The zero-order chi connectivity index (χ0) is 27.8. The monoisotopic (exact) mass is 572 g/mol. The Morgan fingerprint density at radius 2 is 1.92 bits per heavy atom. The van der Waals surface area contributed by atoms with E-state index in [-0.39, 0.29) is 29.2 Å². The maximum Gasteiger partial charge on any atom is 0.300 e. The van der Waals surface area contributed by atoms with Gasteiger partial charge in [-0.15, -0.1) is 11.3 Å². The molecule has 3 aromatic heterocycles. The number of rotatable bonds is 8. The number of nitrogens with one attached hydrogen (secondary N) is 1. The van der Waals surface area contributed by atoms with Crippen molar-refractivity contribution in [2.45, 2.75) is 45.3 Å². The third kappa shape index (κ3) is 5.51. The fourth-order valence-corrected chi connectivity index (χ4v) is 5.89. The molecule has 1 fully saturated rings. The van der Waals surface area contributed by atoms with Crippen molar-refractivity contribution < 1.29 is 19.2 Å². The summed E-state index contributed by atoms with van der Waals surface area (Å²) in [4.78, 5) is 38.7. The summed E-state index contributed by atoms with van der Waals surface area (Å²) in [5, 5.41) is 30.8. The topological polar surface area (TPSA) is 150 Å². The van der Waals surface area contributed by atoms with Crippen LogP contribution in [0, 0.1) is 20.2 Å². The molecule has 1 saturated heterocycles. The molecule has 1 aliphatic heterocycles. The van der Waals surface area contributed by atoms with Crippen LogP contribution in [0.3, 0.4) is 0 Å². The Morgan fingerprint density at radius 1 is 1.18 bits per heavy atom. The lowest BCUT2D eigenvalue weighted by atomic mass is 10.0. The fourth-order valence-electron chi connectivity index (χ4n) is 4.90. The predicted octanol–water partition coefficient (Wildman–Crippen LogP) is 5.48. The van der Waals surface area contributed by atoms with Crippen LogP contribution in [0.4, 0.5) is 11.4 Å². The van der Waals surface area contributed by atoms with Crippen molar-refractivity contribution in [1.82, 2.24) is 19.9 Å². The summed E-state index contributed by atoms with van der Waals surface area (Å²) in [6, 6.07) is 9.14. The van der Waals surface area contributed by atoms with Gasteiger partial charge in [-0.1, -0.05) is 16.8 Å². The number of carbonyl (C=O) groups is 1. The maximum atomic E-state index is 13.5. The number of benzene rings is 1. The summed E-state index contributed by atoms with van der Waals surface area (Å²) in [5.74, 6) is 0.0475. The average Bonchev–Trinajstić information content (AvgIpc) is 3.62. The van der Waals surface area contributed by atoms with Crippen molar-refractivity contribution >= 4 is 51.1 Å². The van der Waals surface area contributed by atoms with Crippen LogP contribution in [0.25, 0.3) is 21.5 Å². The minimum absolute atomic E-state index is 0.0285. The Morgan fingerprint density at radius 3 is 2.54 bits per heavy atom. The molecule has 0 aliphatic carbocycles. The van der Waals surface area contributed by atoms with E-state index in [9.17, 15) is 25.0 Å². The molecule has 1 amide bonds. The molecular weight excluding hydrogens is 548 g/mol. The molecule has 14 heteroatoms. The number of hydrogen-bond acceptors (Lipinski definition) is 9. The van der Waals surface area contributed by atoms with Gasteiger partial charge >= 0.3 is 0 Å². The van der Waals surface area contributed by atoms with Crippen molar-refractivity contribution in [1.29, 1.82) is 0 Å². The lowest BCUT2D eigenvalue weighted by Gasteiger charge is -2.34. The van der Waals surface area contributed by atoms with Crippen molar-refractivity contribution in [2.75, 3.05) is 13.1 Å². The summed E-state index contributed by atoms with van der Waals surface area (Å²) in [6.07, 6.45) is 1.54. The zero-order valence-corrected chi connectivity index (χ0v) is 22.7. The molecule has 1 aromatic carbocycles. The Labute approximate surface area is 231 Å². The first-order chi connectivity index (χ1) is 18.6. The summed E-state index contributed by atoms with van der Waals surface area (Å²) in [6.45, 7) is 5.92. The quantitative estimate of drug-likeness (QED) is 0.215. The van der Waals surface area contributed by atoms with Crippen LogP contribution < -0.4 is 5.32 Å². The van der Waals surface area contributed by atoms with E-state index in [2.05, 4.69) is 29.2 Å². The summed E-state index contributed by atoms with van der Waals surface area (Å²) in [5.41, 5.74) is -0.258. The highest BCUT2D eigenvalue weighted by molar-refractivity contribution is 7.19. The third-order valence-corrected chi connectivity index (χ3v) is 8.13. The van der Waals surface area contributed by atoms with Crippen LogP contribution in [0.2, 0.25) is 4.34 Å². The van der Waals surface area contributed by atoms with Gasteiger partial charge in [-0.05, 0) is 44.9 Å². The molecule has 39 heavy (non-hydrogen) atoms. The van der Waals surface area contributed by atoms with Gasteiger partial charge in [-0.2, -0.15) is 0 Å². The standard InChI is InChI=1S/C25H25ClN6O6S/c1-14(2)29-7-5-16(6-8-29)27-25(33)20-10-15-9-18(31(34)35)12-19(32(36)37)24(15)30(20)13-17-11-21(38-28-17)22-3-4-23(26)39-22/h3-4,9-12,14,16H,5-8,13H2,1-2H3,(H,27,33). The van der Waals surface area contributed by atoms with Gasteiger partial charge in [-0.25, -0.2) is 0 Å². The van der Waals surface area contributed by atoms with Crippen molar-refractivity contribution in [3.63, 3.8) is 0 Å². The largest absolute Gasteiger partial charge is 0.355 e.